The summed E-state index contributed by atoms with van der Waals surface area (Å²) in [5.74, 6) is -0.808. The van der Waals surface area contributed by atoms with Crippen LogP contribution in [-0.2, 0) is 18.4 Å². The molecule has 1 aromatic rings. The summed E-state index contributed by atoms with van der Waals surface area (Å²) in [6.45, 7) is 2.36. The van der Waals surface area contributed by atoms with Gasteiger partial charge in [0.25, 0.3) is 0 Å². The number of carbonyl (C=O) groups excluding carboxylic acids is 1. The molecule has 1 rings (SSSR count). The largest absolute Gasteiger partial charge is 0.481 e. The van der Waals surface area contributed by atoms with Gasteiger partial charge in [-0.15, -0.1) is 0 Å². The van der Waals surface area contributed by atoms with Crippen LogP contribution in [0.25, 0.3) is 0 Å². The van der Waals surface area contributed by atoms with Crippen molar-refractivity contribution >= 4 is 12.0 Å². The standard InChI is InChI=1S/C13H22N4O3/c1-10(5-4-6-12(18)19)15-13(20)16(2)8-11-7-14-17(3)9-11/h7,9-10H,4-6,8H2,1-3H3,(H,15,20)(H,18,19). The van der Waals surface area contributed by atoms with Gasteiger partial charge in [0.1, 0.15) is 0 Å². The zero-order chi connectivity index (χ0) is 15.1. The molecule has 1 atom stereocenters. The SMILES string of the molecule is CC(CCCC(=O)O)NC(=O)N(C)Cc1cnn(C)c1. The van der Waals surface area contributed by atoms with Gasteiger partial charge in [-0.2, -0.15) is 5.10 Å². The number of carboxylic acid groups (broad SMARTS) is 1. The fraction of sp³-hybridized carbons (Fsp3) is 0.615. The molecule has 0 aliphatic carbocycles. The number of hydrogen-bond donors (Lipinski definition) is 2. The molecule has 1 heterocycles. The lowest BCUT2D eigenvalue weighted by Gasteiger charge is -2.20. The monoisotopic (exact) mass is 282 g/mol. The van der Waals surface area contributed by atoms with E-state index in [1.165, 1.54) is 0 Å². The molecule has 0 spiro atoms. The molecule has 7 nitrogen and oxygen atoms in total. The van der Waals surface area contributed by atoms with E-state index < -0.39 is 5.97 Å². The Kier molecular flexibility index (Phi) is 6.02. The second kappa shape index (κ2) is 7.52. The summed E-state index contributed by atoms with van der Waals surface area (Å²) in [6.07, 6.45) is 4.92. The number of aryl methyl sites for hydroxylation is 1. The Morgan fingerprint density at radius 2 is 2.25 bits per heavy atom. The minimum Gasteiger partial charge on any atom is -0.481 e. The Morgan fingerprint density at radius 1 is 1.55 bits per heavy atom. The molecule has 0 aliphatic rings. The van der Waals surface area contributed by atoms with Crippen molar-refractivity contribution < 1.29 is 14.7 Å². The van der Waals surface area contributed by atoms with Crippen LogP contribution in [0.3, 0.4) is 0 Å². The minimum atomic E-state index is -0.808. The van der Waals surface area contributed by atoms with Crippen LogP contribution in [0.15, 0.2) is 12.4 Å². The van der Waals surface area contributed by atoms with Crippen molar-refractivity contribution in [2.24, 2.45) is 7.05 Å². The predicted molar refractivity (Wildman–Crippen MR) is 74.2 cm³/mol. The van der Waals surface area contributed by atoms with Crippen molar-refractivity contribution in [1.29, 1.82) is 0 Å². The summed E-state index contributed by atoms with van der Waals surface area (Å²) in [5.41, 5.74) is 0.962. The zero-order valence-corrected chi connectivity index (χ0v) is 12.2. The number of nitrogens with zero attached hydrogens (tertiary/aromatic N) is 3. The first kappa shape index (κ1) is 16.0. The minimum absolute atomic E-state index is 0.0433. The summed E-state index contributed by atoms with van der Waals surface area (Å²) < 4.78 is 1.69. The molecular formula is C13H22N4O3. The van der Waals surface area contributed by atoms with Crippen LogP contribution < -0.4 is 5.32 Å². The Labute approximate surface area is 118 Å². The third-order valence-electron chi connectivity index (χ3n) is 2.92. The molecule has 20 heavy (non-hydrogen) atoms. The second-order valence-corrected chi connectivity index (χ2v) is 5.01. The lowest BCUT2D eigenvalue weighted by Crippen LogP contribution is -2.41. The van der Waals surface area contributed by atoms with Crippen LogP contribution >= 0.6 is 0 Å². The number of carboxylic acids is 1. The highest BCUT2D eigenvalue weighted by molar-refractivity contribution is 5.74. The van der Waals surface area contributed by atoms with Gasteiger partial charge < -0.3 is 15.3 Å². The number of aromatic nitrogens is 2. The number of urea groups is 1. The van der Waals surface area contributed by atoms with Gasteiger partial charge >= 0.3 is 12.0 Å². The van der Waals surface area contributed by atoms with E-state index in [9.17, 15) is 9.59 Å². The van der Waals surface area contributed by atoms with Gasteiger partial charge in [-0.05, 0) is 19.8 Å². The van der Waals surface area contributed by atoms with Gasteiger partial charge in [-0.3, -0.25) is 9.48 Å². The first-order valence-electron chi connectivity index (χ1n) is 6.59. The summed E-state index contributed by atoms with van der Waals surface area (Å²) in [6, 6.07) is -0.213. The van der Waals surface area contributed by atoms with Crippen LogP contribution in [0.4, 0.5) is 4.79 Å². The van der Waals surface area contributed by atoms with Crippen molar-refractivity contribution in [2.75, 3.05) is 7.05 Å². The van der Waals surface area contributed by atoms with E-state index in [2.05, 4.69) is 10.4 Å². The van der Waals surface area contributed by atoms with Crippen LogP contribution in [0.5, 0.6) is 0 Å². The Balaban J connectivity index is 2.31. The van der Waals surface area contributed by atoms with E-state index in [0.29, 0.717) is 19.4 Å². The lowest BCUT2D eigenvalue weighted by molar-refractivity contribution is -0.137. The maximum atomic E-state index is 11.9. The van der Waals surface area contributed by atoms with E-state index in [4.69, 9.17) is 5.11 Å². The van der Waals surface area contributed by atoms with E-state index in [1.807, 2.05) is 20.2 Å². The summed E-state index contributed by atoms with van der Waals surface area (Å²) in [5, 5.41) is 15.5. The molecule has 0 fully saturated rings. The summed E-state index contributed by atoms with van der Waals surface area (Å²) in [4.78, 5) is 23.9. The zero-order valence-electron chi connectivity index (χ0n) is 12.2. The predicted octanol–water partition coefficient (Wildman–Crippen LogP) is 1.20. The average Bonchev–Trinajstić information content (AvgIpc) is 2.74. The molecule has 2 amide bonds. The molecule has 0 saturated carbocycles. The highest BCUT2D eigenvalue weighted by Gasteiger charge is 2.13. The number of nitrogens with one attached hydrogen (secondary N) is 1. The fourth-order valence-electron chi connectivity index (χ4n) is 1.85. The van der Waals surface area contributed by atoms with Crippen molar-refractivity contribution in [2.45, 2.75) is 38.8 Å². The van der Waals surface area contributed by atoms with Crippen molar-refractivity contribution in [3.63, 3.8) is 0 Å². The number of rotatable bonds is 7. The van der Waals surface area contributed by atoms with Crippen LogP contribution in [0, 0.1) is 0 Å². The highest BCUT2D eigenvalue weighted by atomic mass is 16.4. The van der Waals surface area contributed by atoms with Gasteiger partial charge in [-0.1, -0.05) is 0 Å². The number of hydrogen-bond acceptors (Lipinski definition) is 3. The third kappa shape index (κ3) is 5.73. The Hall–Kier alpha value is -2.05. The van der Waals surface area contributed by atoms with Gasteiger partial charge in [0.05, 0.1) is 12.7 Å². The fourth-order valence-corrected chi connectivity index (χ4v) is 1.85. The molecule has 2 N–H and O–H groups in total. The van der Waals surface area contributed by atoms with E-state index in [1.54, 1.807) is 22.8 Å². The molecular weight excluding hydrogens is 260 g/mol. The first-order chi connectivity index (χ1) is 9.38. The normalized spacial score (nSPS) is 11.9. The first-order valence-corrected chi connectivity index (χ1v) is 6.59. The number of aliphatic carboxylic acids is 1. The topological polar surface area (TPSA) is 87.5 Å². The smallest absolute Gasteiger partial charge is 0.317 e. The second-order valence-electron chi connectivity index (χ2n) is 5.01. The molecule has 0 saturated heterocycles. The molecule has 0 aromatic carbocycles. The van der Waals surface area contributed by atoms with E-state index in [-0.39, 0.29) is 18.5 Å². The average molecular weight is 282 g/mol. The van der Waals surface area contributed by atoms with Gasteiger partial charge in [0.2, 0.25) is 0 Å². The molecule has 7 heteroatoms. The molecule has 1 aromatic heterocycles. The lowest BCUT2D eigenvalue weighted by atomic mass is 10.1. The maximum absolute atomic E-state index is 11.9. The Morgan fingerprint density at radius 3 is 2.80 bits per heavy atom. The molecule has 0 aliphatic heterocycles. The van der Waals surface area contributed by atoms with Crippen LogP contribution in [0.2, 0.25) is 0 Å². The van der Waals surface area contributed by atoms with E-state index >= 15 is 0 Å². The van der Waals surface area contributed by atoms with Crippen molar-refractivity contribution in [3.05, 3.63) is 18.0 Å². The Bertz CT molecular complexity index is 458. The molecule has 1 unspecified atom stereocenters. The van der Waals surface area contributed by atoms with Crippen LogP contribution in [-0.4, -0.2) is 44.9 Å². The third-order valence-corrected chi connectivity index (χ3v) is 2.92. The number of amides is 2. The summed E-state index contributed by atoms with van der Waals surface area (Å²) in [7, 11) is 3.54. The molecule has 0 radical (unpaired) electrons. The van der Waals surface area contributed by atoms with Crippen molar-refractivity contribution in [1.82, 2.24) is 20.0 Å². The van der Waals surface area contributed by atoms with Gasteiger partial charge in [0, 0.05) is 38.3 Å². The number of carbonyl (C=O) groups is 2. The highest BCUT2D eigenvalue weighted by Crippen LogP contribution is 2.04. The molecule has 112 valence electrons. The quantitative estimate of drug-likeness (QED) is 0.786. The van der Waals surface area contributed by atoms with Gasteiger partial charge in [-0.25, -0.2) is 4.79 Å². The molecule has 0 bridgehead atoms. The summed E-state index contributed by atoms with van der Waals surface area (Å²) >= 11 is 0. The van der Waals surface area contributed by atoms with Crippen LogP contribution in [0.1, 0.15) is 31.7 Å². The maximum Gasteiger partial charge on any atom is 0.317 e. The van der Waals surface area contributed by atoms with Gasteiger partial charge in [0.15, 0.2) is 0 Å². The van der Waals surface area contributed by atoms with E-state index in [0.717, 1.165) is 5.56 Å². The van der Waals surface area contributed by atoms with Crippen molar-refractivity contribution in [3.8, 4) is 0 Å².